The summed E-state index contributed by atoms with van der Waals surface area (Å²) in [5.41, 5.74) is 5.09. The fourth-order valence-corrected chi connectivity index (χ4v) is 4.86. The van der Waals surface area contributed by atoms with E-state index in [0.717, 1.165) is 34.4 Å². The molecule has 0 saturated heterocycles. The normalized spacial score (nSPS) is 12.7. The minimum atomic E-state index is -0.349. The van der Waals surface area contributed by atoms with Crippen molar-refractivity contribution in [2.24, 2.45) is 0 Å². The molecule has 0 spiro atoms. The molecule has 1 aliphatic carbocycles. The molecule has 0 bridgehead atoms. The first kappa shape index (κ1) is 20.2. The zero-order chi connectivity index (χ0) is 22.1. The summed E-state index contributed by atoms with van der Waals surface area (Å²) < 4.78 is 0. The highest BCUT2D eigenvalue weighted by Gasteiger charge is 2.19. The van der Waals surface area contributed by atoms with Crippen LogP contribution in [-0.4, -0.2) is 11.8 Å². The molecule has 1 heterocycles. The summed E-state index contributed by atoms with van der Waals surface area (Å²) in [5, 5.41) is 10.1. The first-order valence-electron chi connectivity index (χ1n) is 10.6. The van der Waals surface area contributed by atoms with Crippen LogP contribution in [0.15, 0.2) is 77.8 Å². The predicted octanol–water partition coefficient (Wildman–Crippen LogP) is 5.72. The Morgan fingerprint density at radius 2 is 1.75 bits per heavy atom. The van der Waals surface area contributed by atoms with Crippen molar-refractivity contribution in [1.29, 1.82) is 0 Å². The molecule has 0 saturated carbocycles. The number of thiophene rings is 1. The second kappa shape index (κ2) is 8.44. The molecule has 0 radical (unpaired) electrons. The number of nitrogens with one attached hydrogen (secondary N) is 2. The van der Waals surface area contributed by atoms with Gasteiger partial charge in [-0.25, -0.2) is 0 Å². The summed E-state index contributed by atoms with van der Waals surface area (Å²) in [6, 6.07) is 21.4. The third-order valence-corrected chi connectivity index (χ3v) is 6.55. The van der Waals surface area contributed by atoms with Gasteiger partial charge in [0.15, 0.2) is 0 Å². The van der Waals surface area contributed by atoms with E-state index in [9.17, 15) is 9.59 Å². The van der Waals surface area contributed by atoms with Crippen LogP contribution >= 0.6 is 11.3 Å². The smallest absolute Gasteiger partial charge is 0.272 e. The molecule has 4 aromatic rings. The lowest BCUT2D eigenvalue weighted by atomic mass is 10.0. The Morgan fingerprint density at radius 3 is 2.53 bits per heavy atom. The van der Waals surface area contributed by atoms with E-state index in [4.69, 9.17) is 0 Å². The molecule has 5 heteroatoms. The van der Waals surface area contributed by atoms with Crippen molar-refractivity contribution in [2.45, 2.75) is 19.8 Å². The number of hydrogen-bond donors (Lipinski definition) is 2. The third-order valence-electron chi connectivity index (χ3n) is 5.73. The van der Waals surface area contributed by atoms with Crippen molar-refractivity contribution < 1.29 is 9.59 Å². The molecule has 0 fully saturated rings. The zero-order valence-corrected chi connectivity index (χ0v) is 18.5. The molecular weight excluding hydrogens is 416 g/mol. The van der Waals surface area contributed by atoms with Crippen LogP contribution < -0.4 is 10.6 Å². The number of amides is 2. The molecule has 32 heavy (non-hydrogen) atoms. The minimum Gasteiger partial charge on any atom is -0.320 e. The molecule has 4 nitrogen and oxygen atoms in total. The van der Waals surface area contributed by atoms with E-state index in [1.807, 2.05) is 54.8 Å². The fraction of sp³-hybridized carbons (Fsp3) is 0.111. The molecular formula is C27H22N2O2S. The Morgan fingerprint density at radius 1 is 0.938 bits per heavy atom. The molecule has 3 aromatic carbocycles. The van der Waals surface area contributed by atoms with Gasteiger partial charge in [0.1, 0.15) is 5.70 Å². The highest BCUT2D eigenvalue weighted by Crippen LogP contribution is 2.35. The van der Waals surface area contributed by atoms with Crippen molar-refractivity contribution >= 4 is 45.7 Å². The van der Waals surface area contributed by atoms with E-state index >= 15 is 0 Å². The molecule has 5 rings (SSSR count). The van der Waals surface area contributed by atoms with E-state index in [2.05, 4.69) is 22.8 Å². The van der Waals surface area contributed by atoms with Gasteiger partial charge in [0.2, 0.25) is 0 Å². The molecule has 0 atom stereocenters. The molecule has 1 aliphatic rings. The molecule has 0 unspecified atom stereocenters. The van der Waals surface area contributed by atoms with Crippen molar-refractivity contribution in [3.05, 3.63) is 105 Å². The van der Waals surface area contributed by atoms with Gasteiger partial charge in [-0.3, -0.25) is 9.59 Å². The van der Waals surface area contributed by atoms with Crippen LogP contribution in [0.25, 0.3) is 16.8 Å². The number of rotatable bonds is 5. The van der Waals surface area contributed by atoms with Crippen LogP contribution in [0.5, 0.6) is 0 Å². The lowest BCUT2D eigenvalue weighted by Gasteiger charge is -2.14. The average Bonchev–Trinajstić information content (AvgIpc) is 3.46. The average molecular weight is 439 g/mol. The highest BCUT2D eigenvalue weighted by atomic mass is 32.1. The Bertz CT molecular complexity index is 1360. The second-order valence-corrected chi connectivity index (χ2v) is 8.94. The zero-order valence-electron chi connectivity index (χ0n) is 17.6. The lowest BCUT2D eigenvalue weighted by molar-refractivity contribution is -0.113. The summed E-state index contributed by atoms with van der Waals surface area (Å²) in [5.74, 6) is -0.662. The van der Waals surface area contributed by atoms with Gasteiger partial charge < -0.3 is 10.6 Å². The first-order chi connectivity index (χ1) is 15.6. The van der Waals surface area contributed by atoms with Gasteiger partial charge in [-0.1, -0.05) is 48.0 Å². The van der Waals surface area contributed by atoms with E-state index in [0.29, 0.717) is 5.56 Å². The summed E-state index contributed by atoms with van der Waals surface area (Å²) in [6.45, 7) is 1.93. The number of aryl methyl sites for hydroxylation is 3. The van der Waals surface area contributed by atoms with E-state index in [-0.39, 0.29) is 17.5 Å². The standard InChI is InChI=1S/C27H22N2O2S/c1-17-5-2-7-20(15-17)26(30)29-24(16-21-8-4-14-32-21)27(31)28-23-13-12-19-11-10-18-6-3-9-22(23)25(18)19/h2-9,12-16H,10-11H2,1H3,(H,28,31)(H,29,30)/b24-16-. The number of benzene rings is 3. The maximum atomic E-state index is 13.3. The maximum absolute atomic E-state index is 13.3. The Labute approximate surface area is 190 Å². The molecule has 1 aromatic heterocycles. The van der Waals surface area contributed by atoms with Crippen molar-refractivity contribution in [1.82, 2.24) is 5.32 Å². The number of carbonyl (C=O) groups excluding carboxylic acids is 2. The topological polar surface area (TPSA) is 58.2 Å². The van der Waals surface area contributed by atoms with E-state index < -0.39 is 0 Å². The summed E-state index contributed by atoms with van der Waals surface area (Å²) in [4.78, 5) is 27.1. The van der Waals surface area contributed by atoms with Crippen molar-refractivity contribution in [3.63, 3.8) is 0 Å². The van der Waals surface area contributed by atoms with Gasteiger partial charge in [0.25, 0.3) is 11.8 Å². The van der Waals surface area contributed by atoms with Crippen molar-refractivity contribution in [3.8, 4) is 0 Å². The van der Waals surface area contributed by atoms with Gasteiger partial charge in [-0.2, -0.15) is 0 Å². The van der Waals surface area contributed by atoms with Crippen LogP contribution in [0.4, 0.5) is 5.69 Å². The quantitative estimate of drug-likeness (QED) is 0.392. The molecule has 2 amide bonds. The van der Waals surface area contributed by atoms with Crippen LogP contribution in [0.2, 0.25) is 0 Å². The Balaban J connectivity index is 1.47. The van der Waals surface area contributed by atoms with Crippen molar-refractivity contribution in [2.75, 3.05) is 5.32 Å². The van der Waals surface area contributed by atoms with Crippen LogP contribution in [0.3, 0.4) is 0 Å². The Kier molecular flexibility index (Phi) is 5.33. The fourth-order valence-electron chi connectivity index (χ4n) is 4.20. The number of hydrogen-bond acceptors (Lipinski definition) is 3. The van der Waals surface area contributed by atoms with Gasteiger partial charge in [0, 0.05) is 21.5 Å². The van der Waals surface area contributed by atoms with E-state index in [1.165, 1.54) is 27.8 Å². The summed E-state index contributed by atoms with van der Waals surface area (Å²) >= 11 is 1.51. The van der Waals surface area contributed by atoms with Crippen LogP contribution in [-0.2, 0) is 17.6 Å². The van der Waals surface area contributed by atoms with Gasteiger partial charge in [-0.05, 0) is 72.0 Å². The second-order valence-electron chi connectivity index (χ2n) is 7.96. The number of carbonyl (C=O) groups is 2. The predicted molar refractivity (Wildman–Crippen MR) is 131 cm³/mol. The largest absolute Gasteiger partial charge is 0.320 e. The SMILES string of the molecule is Cc1cccc(C(=O)N/C(=C\c2cccs2)C(=O)Nc2ccc3c4c(cccc24)CC3)c1. The molecule has 158 valence electrons. The van der Waals surface area contributed by atoms with E-state index in [1.54, 1.807) is 18.2 Å². The van der Waals surface area contributed by atoms with Crippen LogP contribution in [0, 0.1) is 6.92 Å². The van der Waals surface area contributed by atoms with Gasteiger partial charge in [0.05, 0.1) is 0 Å². The Hall–Kier alpha value is -3.70. The lowest BCUT2D eigenvalue weighted by Crippen LogP contribution is -2.30. The number of anilines is 1. The maximum Gasteiger partial charge on any atom is 0.272 e. The first-order valence-corrected chi connectivity index (χ1v) is 11.4. The monoisotopic (exact) mass is 438 g/mol. The molecule has 2 N–H and O–H groups in total. The summed E-state index contributed by atoms with van der Waals surface area (Å²) in [7, 11) is 0. The highest BCUT2D eigenvalue weighted by molar-refractivity contribution is 7.10. The van der Waals surface area contributed by atoms with Gasteiger partial charge >= 0.3 is 0 Å². The third kappa shape index (κ3) is 3.95. The summed E-state index contributed by atoms with van der Waals surface area (Å²) in [6.07, 6.45) is 3.77. The minimum absolute atomic E-state index is 0.210. The van der Waals surface area contributed by atoms with Crippen LogP contribution in [0.1, 0.15) is 31.9 Å². The molecule has 0 aliphatic heterocycles. The van der Waals surface area contributed by atoms with Gasteiger partial charge in [-0.15, -0.1) is 11.3 Å².